The van der Waals surface area contributed by atoms with Crippen molar-refractivity contribution in [3.63, 3.8) is 0 Å². The molecule has 0 spiro atoms. The summed E-state index contributed by atoms with van der Waals surface area (Å²) in [6.07, 6.45) is 12.1. The highest BCUT2D eigenvalue weighted by molar-refractivity contribution is 5.97. The minimum atomic E-state index is -1.21. The molecule has 4 heteroatoms. The Bertz CT molecular complexity index is 522. The average Bonchev–Trinajstić information content (AvgIpc) is 2.50. The van der Waals surface area contributed by atoms with Crippen molar-refractivity contribution >= 4 is 11.9 Å². The van der Waals surface area contributed by atoms with Gasteiger partial charge in [-0.2, -0.15) is 0 Å². The molecule has 0 aliphatic carbocycles. The normalized spacial score (nSPS) is 22.0. The molecule has 1 fully saturated rings. The van der Waals surface area contributed by atoms with Gasteiger partial charge in [-0.25, -0.2) is 0 Å². The molecular weight excluding hydrogens is 304 g/mol. The predicted octanol–water partition coefficient (Wildman–Crippen LogP) is 4.20. The molecule has 24 heavy (non-hydrogen) atoms. The zero-order chi connectivity index (χ0) is 18.3. The maximum atomic E-state index is 12.1. The van der Waals surface area contributed by atoms with Gasteiger partial charge in [0, 0.05) is 19.8 Å². The Morgan fingerprint density at radius 1 is 1.08 bits per heavy atom. The monoisotopic (exact) mass is 332 g/mol. The van der Waals surface area contributed by atoms with Crippen molar-refractivity contribution in [3.05, 3.63) is 49.6 Å². The van der Waals surface area contributed by atoms with Gasteiger partial charge >= 0.3 is 11.9 Å². The van der Waals surface area contributed by atoms with Crippen molar-refractivity contribution in [1.82, 2.24) is 0 Å². The minimum Gasteiger partial charge on any atom is -0.422 e. The molecule has 4 nitrogen and oxygen atoms in total. The summed E-state index contributed by atoms with van der Waals surface area (Å²) in [6, 6.07) is 0. The van der Waals surface area contributed by atoms with Crippen LogP contribution in [-0.2, 0) is 19.1 Å². The van der Waals surface area contributed by atoms with Gasteiger partial charge < -0.3 is 9.47 Å². The smallest absolute Gasteiger partial charge is 0.324 e. The Kier molecular flexibility index (Phi) is 7.20. The van der Waals surface area contributed by atoms with E-state index in [0.717, 1.165) is 6.42 Å². The van der Waals surface area contributed by atoms with E-state index >= 15 is 0 Å². The number of carbonyl (C=O) groups is 2. The standard InChI is InChI=1S/C20H28O4/c1-7-14(4)15(8-2)12-10-11-13-16(9-3)17-18(21)23-20(5,6)24-19(17)22/h7,9-17H,1,3,8H2,2,4-6H3/b12-10+,13-11+/t14-,15+,16-/m1/s1. The minimum absolute atomic E-state index is 0.389. The topological polar surface area (TPSA) is 52.6 Å². The van der Waals surface area contributed by atoms with Gasteiger partial charge in [0.1, 0.15) is 0 Å². The van der Waals surface area contributed by atoms with E-state index in [1.54, 1.807) is 12.2 Å². The third-order valence-corrected chi connectivity index (χ3v) is 4.18. The molecule has 0 aromatic carbocycles. The summed E-state index contributed by atoms with van der Waals surface area (Å²) in [7, 11) is 0. The third kappa shape index (κ3) is 5.22. The van der Waals surface area contributed by atoms with Gasteiger partial charge in [0.25, 0.3) is 5.79 Å². The summed E-state index contributed by atoms with van der Waals surface area (Å²) < 4.78 is 10.3. The molecule has 0 N–H and O–H groups in total. The summed E-state index contributed by atoms with van der Waals surface area (Å²) in [5, 5.41) is 0. The van der Waals surface area contributed by atoms with Crippen LogP contribution >= 0.6 is 0 Å². The molecule has 0 unspecified atom stereocenters. The van der Waals surface area contributed by atoms with E-state index in [-0.39, 0.29) is 0 Å². The van der Waals surface area contributed by atoms with E-state index in [1.807, 2.05) is 18.2 Å². The van der Waals surface area contributed by atoms with Crippen LogP contribution in [-0.4, -0.2) is 17.7 Å². The third-order valence-electron chi connectivity index (χ3n) is 4.18. The van der Waals surface area contributed by atoms with E-state index in [1.165, 1.54) is 13.8 Å². The van der Waals surface area contributed by atoms with E-state index in [2.05, 4.69) is 33.1 Å². The molecule has 1 aliphatic heterocycles. The molecule has 0 amide bonds. The number of hydrogen-bond donors (Lipinski definition) is 0. The first-order valence-electron chi connectivity index (χ1n) is 8.31. The van der Waals surface area contributed by atoms with Crippen LogP contribution in [0.2, 0.25) is 0 Å². The largest absolute Gasteiger partial charge is 0.422 e. The number of carbonyl (C=O) groups excluding carboxylic acids is 2. The Morgan fingerprint density at radius 3 is 2.08 bits per heavy atom. The fraction of sp³-hybridized carbons (Fsp3) is 0.500. The van der Waals surface area contributed by atoms with E-state index in [0.29, 0.717) is 11.8 Å². The molecule has 0 aromatic rings. The quantitative estimate of drug-likeness (QED) is 0.289. The van der Waals surface area contributed by atoms with Crippen LogP contribution < -0.4 is 0 Å². The van der Waals surface area contributed by atoms with Crippen molar-refractivity contribution in [2.24, 2.45) is 23.7 Å². The first-order valence-corrected chi connectivity index (χ1v) is 8.31. The van der Waals surface area contributed by atoms with Gasteiger partial charge in [0.05, 0.1) is 0 Å². The summed E-state index contributed by atoms with van der Waals surface area (Å²) in [6.45, 7) is 14.8. The van der Waals surface area contributed by atoms with Gasteiger partial charge in [-0.15, -0.1) is 13.2 Å². The second-order valence-corrected chi connectivity index (χ2v) is 6.47. The fourth-order valence-electron chi connectivity index (χ4n) is 2.63. The highest BCUT2D eigenvalue weighted by atomic mass is 16.7. The van der Waals surface area contributed by atoms with E-state index in [4.69, 9.17) is 9.47 Å². The molecular formula is C20H28O4. The molecule has 0 radical (unpaired) electrons. The van der Waals surface area contributed by atoms with Crippen LogP contribution in [0.25, 0.3) is 0 Å². The number of rotatable bonds is 8. The lowest BCUT2D eigenvalue weighted by atomic mass is 9.90. The van der Waals surface area contributed by atoms with Gasteiger partial charge in [-0.3, -0.25) is 9.59 Å². The molecule has 0 bridgehead atoms. The summed E-state index contributed by atoms with van der Waals surface area (Å²) in [5.41, 5.74) is 0. The number of cyclic esters (lactones) is 2. The van der Waals surface area contributed by atoms with Crippen molar-refractivity contribution in [2.75, 3.05) is 0 Å². The first kappa shape index (κ1) is 19.9. The van der Waals surface area contributed by atoms with Crippen LogP contribution in [0.4, 0.5) is 0 Å². The number of ether oxygens (including phenoxy) is 2. The molecule has 1 saturated heterocycles. The Morgan fingerprint density at radius 2 is 1.62 bits per heavy atom. The highest BCUT2D eigenvalue weighted by Crippen LogP contribution is 2.29. The molecule has 1 rings (SSSR count). The van der Waals surface area contributed by atoms with Crippen LogP contribution in [0.5, 0.6) is 0 Å². The van der Waals surface area contributed by atoms with Gasteiger partial charge in [0.2, 0.25) is 0 Å². The average molecular weight is 332 g/mol. The van der Waals surface area contributed by atoms with Crippen molar-refractivity contribution < 1.29 is 19.1 Å². The molecule has 1 aliphatic rings. The van der Waals surface area contributed by atoms with Crippen LogP contribution in [0.15, 0.2) is 49.6 Å². The van der Waals surface area contributed by atoms with Crippen LogP contribution in [0, 0.1) is 23.7 Å². The van der Waals surface area contributed by atoms with Gasteiger partial charge in [0.15, 0.2) is 5.92 Å². The second-order valence-electron chi connectivity index (χ2n) is 6.47. The molecule has 1 heterocycles. The maximum Gasteiger partial charge on any atom is 0.324 e. The van der Waals surface area contributed by atoms with E-state index < -0.39 is 29.6 Å². The van der Waals surface area contributed by atoms with Gasteiger partial charge in [-0.05, 0) is 18.3 Å². The Labute approximate surface area is 144 Å². The highest BCUT2D eigenvalue weighted by Gasteiger charge is 2.45. The molecule has 0 aromatic heterocycles. The number of hydrogen-bond acceptors (Lipinski definition) is 4. The van der Waals surface area contributed by atoms with Gasteiger partial charge in [-0.1, -0.05) is 50.3 Å². The van der Waals surface area contributed by atoms with Crippen molar-refractivity contribution in [1.29, 1.82) is 0 Å². The van der Waals surface area contributed by atoms with Crippen LogP contribution in [0.3, 0.4) is 0 Å². The first-order chi connectivity index (χ1) is 11.3. The lowest BCUT2D eigenvalue weighted by Gasteiger charge is -2.34. The molecule has 132 valence electrons. The zero-order valence-corrected chi connectivity index (χ0v) is 15.0. The molecule has 3 atom stereocenters. The van der Waals surface area contributed by atoms with E-state index in [9.17, 15) is 9.59 Å². The lowest BCUT2D eigenvalue weighted by molar-refractivity contribution is -0.241. The van der Waals surface area contributed by atoms with Crippen LogP contribution in [0.1, 0.15) is 34.1 Å². The number of esters is 2. The summed E-state index contributed by atoms with van der Waals surface area (Å²) in [4.78, 5) is 24.2. The second kappa shape index (κ2) is 8.67. The lowest BCUT2D eigenvalue weighted by Crippen LogP contribution is -2.48. The Hall–Kier alpha value is -2.10. The van der Waals surface area contributed by atoms with Crippen molar-refractivity contribution in [3.8, 4) is 0 Å². The van der Waals surface area contributed by atoms with Crippen molar-refractivity contribution in [2.45, 2.75) is 39.9 Å². The SMILES string of the molecule is C=C[C@H](/C=C/C=C/[C@H](CC)[C@H](C)C=C)C1C(=O)OC(C)(C)OC1=O. The summed E-state index contributed by atoms with van der Waals surface area (Å²) in [5.74, 6) is -3.06. The predicted molar refractivity (Wildman–Crippen MR) is 94.9 cm³/mol. The summed E-state index contributed by atoms with van der Waals surface area (Å²) >= 11 is 0. The zero-order valence-electron chi connectivity index (χ0n) is 15.0. The molecule has 0 saturated carbocycles. The fourth-order valence-corrected chi connectivity index (χ4v) is 2.63. The number of allylic oxidation sites excluding steroid dienone is 6. The Balaban J connectivity index is 2.80. The maximum absolute atomic E-state index is 12.1.